The molecule has 5 heteroatoms. The van der Waals surface area contributed by atoms with Gasteiger partial charge in [-0.25, -0.2) is 4.79 Å². The van der Waals surface area contributed by atoms with E-state index in [1.807, 2.05) is 11.8 Å². The first-order valence-corrected chi connectivity index (χ1v) is 4.73. The highest BCUT2D eigenvalue weighted by Gasteiger charge is 2.28. The monoisotopic (exact) mass is 203 g/mol. The molecule has 1 unspecified atom stereocenters. The van der Waals surface area contributed by atoms with Crippen LogP contribution in [0, 0.1) is 5.92 Å². The van der Waals surface area contributed by atoms with Gasteiger partial charge < -0.3 is 15.1 Å². The standard InChI is InChI=1S/C8H15NO.CH2O3/c1-3-7-5-6-9(4-2)8(7)10;2-1(3)4/h7H,3-6H2,1-2H3;(H2,2,3,4). The van der Waals surface area contributed by atoms with Crippen molar-refractivity contribution in [3.05, 3.63) is 0 Å². The van der Waals surface area contributed by atoms with Gasteiger partial charge >= 0.3 is 6.16 Å². The van der Waals surface area contributed by atoms with Crippen LogP contribution in [0.4, 0.5) is 4.79 Å². The molecule has 1 heterocycles. The molecule has 0 aromatic carbocycles. The maximum absolute atomic E-state index is 11.3. The van der Waals surface area contributed by atoms with Crippen LogP contribution in [0.15, 0.2) is 0 Å². The summed E-state index contributed by atoms with van der Waals surface area (Å²) in [6.45, 7) is 5.99. The highest BCUT2D eigenvalue weighted by atomic mass is 16.6. The lowest BCUT2D eigenvalue weighted by Gasteiger charge is -2.12. The molecule has 0 aliphatic carbocycles. The molecule has 0 aromatic rings. The third kappa shape index (κ3) is 4.11. The quantitative estimate of drug-likeness (QED) is 0.712. The number of hydrogen-bond acceptors (Lipinski definition) is 2. The summed E-state index contributed by atoms with van der Waals surface area (Å²) in [4.78, 5) is 21.8. The number of amides is 1. The minimum atomic E-state index is -1.83. The summed E-state index contributed by atoms with van der Waals surface area (Å²) < 4.78 is 0. The number of carbonyl (C=O) groups excluding carboxylic acids is 1. The maximum atomic E-state index is 11.3. The van der Waals surface area contributed by atoms with Crippen molar-refractivity contribution in [1.82, 2.24) is 4.90 Å². The van der Waals surface area contributed by atoms with E-state index in [9.17, 15) is 4.79 Å². The first-order chi connectivity index (χ1) is 6.52. The van der Waals surface area contributed by atoms with Crippen molar-refractivity contribution in [3.8, 4) is 0 Å². The second-order valence-electron chi connectivity index (χ2n) is 3.09. The van der Waals surface area contributed by atoms with Crippen molar-refractivity contribution in [3.63, 3.8) is 0 Å². The van der Waals surface area contributed by atoms with Gasteiger partial charge in [0.15, 0.2) is 0 Å². The first kappa shape index (κ1) is 12.7. The smallest absolute Gasteiger partial charge is 0.450 e. The minimum absolute atomic E-state index is 0.333. The second kappa shape index (κ2) is 6.23. The molecule has 0 saturated carbocycles. The Kier molecular flexibility index (Phi) is 5.67. The molecule has 0 aromatic heterocycles. The van der Waals surface area contributed by atoms with Gasteiger partial charge in [-0.3, -0.25) is 4.79 Å². The third-order valence-corrected chi connectivity index (χ3v) is 2.28. The Morgan fingerprint density at radius 2 is 2.00 bits per heavy atom. The zero-order valence-electron chi connectivity index (χ0n) is 8.56. The fourth-order valence-corrected chi connectivity index (χ4v) is 1.50. The normalized spacial score (nSPS) is 20.3. The van der Waals surface area contributed by atoms with Crippen LogP contribution in [0.2, 0.25) is 0 Å². The van der Waals surface area contributed by atoms with E-state index in [-0.39, 0.29) is 0 Å². The molecule has 2 N–H and O–H groups in total. The van der Waals surface area contributed by atoms with Gasteiger partial charge in [0.25, 0.3) is 0 Å². The summed E-state index contributed by atoms with van der Waals surface area (Å²) in [5.74, 6) is 0.699. The summed E-state index contributed by atoms with van der Waals surface area (Å²) in [5, 5.41) is 13.9. The average Bonchev–Trinajstić information content (AvgIpc) is 2.45. The van der Waals surface area contributed by atoms with E-state index < -0.39 is 6.16 Å². The Balaban J connectivity index is 0.000000364. The van der Waals surface area contributed by atoms with Crippen molar-refractivity contribution >= 4 is 12.1 Å². The number of likely N-dealkylation sites (tertiary alicyclic amines) is 1. The Morgan fingerprint density at radius 3 is 2.21 bits per heavy atom. The number of rotatable bonds is 2. The summed E-state index contributed by atoms with van der Waals surface area (Å²) in [7, 11) is 0. The van der Waals surface area contributed by atoms with E-state index in [4.69, 9.17) is 15.0 Å². The number of nitrogens with zero attached hydrogens (tertiary/aromatic N) is 1. The number of hydrogen-bond donors (Lipinski definition) is 2. The predicted octanol–water partition coefficient (Wildman–Crippen LogP) is 1.49. The number of carboxylic acid groups (broad SMARTS) is 2. The zero-order valence-corrected chi connectivity index (χ0v) is 8.56. The minimum Gasteiger partial charge on any atom is -0.450 e. The summed E-state index contributed by atoms with van der Waals surface area (Å²) >= 11 is 0. The predicted molar refractivity (Wildman–Crippen MR) is 51.3 cm³/mol. The molecular weight excluding hydrogens is 186 g/mol. The lowest BCUT2D eigenvalue weighted by molar-refractivity contribution is -0.130. The van der Waals surface area contributed by atoms with Crippen LogP contribution in [0.5, 0.6) is 0 Å². The van der Waals surface area contributed by atoms with Gasteiger partial charge in [-0.2, -0.15) is 0 Å². The molecule has 1 aliphatic heterocycles. The Bertz CT molecular complexity index is 187. The van der Waals surface area contributed by atoms with Gasteiger partial charge in [0, 0.05) is 19.0 Å². The molecule has 1 atom stereocenters. The average molecular weight is 203 g/mol. The molecule has 5 nitrogen and oxygen atoms in total. The Hall–Kier alpha value is -1.26. The van der Waals surface area contributed by atoms with Crippen molar-refractivity contribution < 1.29 is 19.8 Å². The molecular formula is C9H17NO4. The molecule has 1 aliphatic rings. The molecule has 14 heavy (non-hydrogen) atoms. The van der Waals surface area contributed by atoms with E-state index >= 15 is 0 Å². The van der Waals surface area contributed by atoms with Gasteiger partial charge in [-0.1, -0.05) is 6.92 Å². The molecule has 0 radical (unpaired) electrons. The van der Waals surface area contributed by atoms with Gasteiger partial charge in [-0.05, 0) is 19.8 Å². The molecule has 0 bridgehead atoms. The summed E-state index contributed by atoms with van der Waals surface area (Å²) in [5.41, 5.74) is 0. The molecule has 1 fully saturated rings. The van der Waals surface area contributed by atoms with Crippen molar-refractivity contribution in [2.45, 2.75) is 26.7 Å². The first-order valence-electron chi connectivity index (χ1n) is 4.73. The van der Waals surface area contributed by atoms with Crippen LogP contribution in [0.3, 0.4) is 0 Å². The lowest BCUT2D eigenvalue weighted by atomic mass is 10.1. The van der Waals surface area contributed by atoms with Gasteiger partial charge in [0.2, 0.25) is 5.91 Å². The number of carbonyl (C=O) groups is 2. The molecule has 1 amide bonds. The van der Waals surface area contributed by atoms with E-state index in [1.165, 1.54) is 0 Å². The van der Waals surface area contributed by atoms with Crippen LogP contribution >= 0.6 is 0 Å². The highest BCUT2D eigenvalue weighted by molar-refractivity contribution is 5.80. The van der Waals surface area contributed by atoms with Crippen LogP contribution in [-0.4, -0.2) is 40.3 Å². The SMILES string of the molecule is CCC1CCN(CC)C1=O.O=C(O)O. The Morgan fingerprint density at radius 1 is 1.50 bits per heavy atom. The van der Waals surface area contributed by atoms with Gasteiger partial charge in [0.05, 0.1) is 0 Å². The Labute approximate surface area is 83.3 Å². The molecule has 82 valence electrons. The van der Waals surface area contributed by atoms with Gasteiger partial charge in [0.1, 0.15) is 0 Å². The van der Waals surface area contributed by atoms with E-state index in [2.05, 4.69) is 6.92 Å². The van der Waals surface area contributed by atoms with Crippen molar-refractivity contribution in [1.29, 1.82) is 0 Å². The molecule has 1 rings (SSSR count). The van der Waals surface area contributed by atoms with Crippen LogP contribution in [0.1, 0.15) is 26.7 Å². The topological polar surface area (TPSA) is 77.8 Å². The summed E-state index contributed by atoms with van der Waals surface area (Å²) in [6.07, 6.45) is 0.249. The third-order valence-electron chi connectivity index (χ3n) is 2.28. The largest absolute Gasteiger partial charge is 0.503 e. The maximum Gasteiger partial charge on any atom is 0.503 e. The van der Waals surface area contributed by atoms with Crippen LogP contribution < -0.4 is 0 Å². The van der Waals surface area contributed by atoms with Crippen LogP contribution in [0.25, 0.3) is 0 Å². The molecule has 0 spiro atoms. The van der Waals surface area contributed by atoms with E-state index in [0.717, 1.165) is 25.9 Å². The lowest BCUT2D eigenvalue weighted by Crippen LogP contribution is -2.26. The van der Waals surface area contributed by atoms with E-state index in [0.29, 0.717) is 11.8 Å². The van der Waals surface area contributed by atoms with E-state index in [1.54, 1.807) is 0 Å². The molecule has 1 saturated heterocycles. The highest BCUT2D eigenvalue weighted by Crippen LogP contribution is 2.19. The van der Waals surface area contributed by atoms with Crippen LogP contribution in [-0.2, 0) is 4.79 Å². The van der Waals surface area contributed by atoms with Crippen molar-refractivity contribution in [2.24, 2.45) is 5.92 Å². The van der Waals surface area contributed by atoms with Crippen molar-refractivity contribution in [2.75, 3.05) is 13.1 Å². The fraction of sp³-hybridized carbons (Fsp3) is 0.778. The fourth-order valence-electron chi connectivity index (χ4n) is 1.50. The zero-order chi connectivity index (χ0) is 11.1. The van der Waals surface area contributed by atoms with Gasteiger partial charge in [-0.15, -0.1) is 0 Å². The second-order valence-corrected chi connectivity index (χ2v) is 3.09. The summed E-state index contributed by atoms with van der Waals surface area (Å²) in [6, 6.07) is 0.